The SMILES string of the molecule is C(=C(Cc1cccs1)c1cccs1)c1cccs1. The maximum absolute atomic E-state index is 2.32. The highest BCUT2D eigenvalue weighted by Crippen LogP contribution is 2.28. The summed E-state index contributed by atoms with van der Waals surface area (Å²) in [5, 5.41) is 6.42. The van der Waals surface area contributed by atoms with E-state index in [-0.39, 0.29) is 0 Å². The molecule has 3 rings (SSSR count). The van der Waals surface area contributed by atoms with Gasteiger partial charge in [-0.25, -0.2) is 0 Å². The monoisotopic (exact) mass is 288 g/mol. The number of hydrogen-bond donors (Lipinski definition) is 0. The van der Waals surface area contributed by atoms with Gasteiger partial charge in [0, 0.05) is 21.1 Å². The van der Waals surface area contributed by atoms with E-state index in [1.807, 2.05) is 22.7 Å². The third-order valence-electron chi connectivity index (χ3n) is 2.64. The Morgan fingerprint density at radius 2 is 1.67 bits per heavy atom. The van der Waals surface area contributed by atoms with Crippen LogP contribution in [0.2, 0.25) is 0 Å². The standard InChI is InChI=1S/C15H12S3/c1-4-13(16-7-1)10-12(15-6-3-9-18-15)11-14-5-2-8-17-14/h1-10H,11H2. The molecule has 18 heavy (non-hydrogen) atoms. The molecule has 0 atom stereocenters. The number of hydrogen-bond acceptors (Lipinski definition) is 3. The van der Waals surface area contributed by atoms with E-state index in [4.69, 9.17) is 0 Å². The van der Waals surface area contributed by atoms with Crippen LogP contribution in [0, 0.1) is 0 Å². The van der Waals surface area contributed by atoms with Gasteiger partial charge in [0.15, 0.2) is 0 Å². The fourth-order valence-corrected chi connectivity index (χ4v) is 3.97. The van der Waals surface area contributed by atoms with E-state index in [9.17, 15) is 0 Å². The van der Waals surface area contributed by atoms with Gasteiger partial charge >= 0.3 is 0 Å². The molecule has 0 saturated heterocycles. The molecule has 0 aliphatic heterocycles. The summed E-state index contributed by atoms with van der Waals surface area (Å²) in [5.41, 5.74) is 1.41. The van der Waals surface area contributed by atoms with Gasteiger partial charge in [-0.3, -0.25) is 0 Å². The van der Waals surface area contributed by atoms with Gasteiger partial charge in [0.1, 0.15) is 0 Å². The zero-order valence-electron chi connectivity index (χ0n) is 9.71. The summed E-state index contributed by atoms with van der Waals surface area (Å²) in [4.78, 5) is 4.12. The molecule has 0 bridgehead atoms. The summed E-state index contributed by atoms with van der Waals surface area (Å²) in [6, 6.07) is 12.9. The zero-order valence-corrected chi connectivity index (χ0v) is 12.2. The van der Waals surface area contributed by atoms with Crippen LogP contribution >= 0.6 is 34.0 Å². The van der Waals surface area contributed by atoms with Gasteiger partial charge in [-0.2, -0.15) is 0 Å². The summed E-state index contributed by atoms with van der Waals surface area (Å²) < 4.78 is 0. The first-order valence-electron chi connectivity index (χ1n) is 5.72. The molecule has 3 heterocycles. The third-order valence-corrected chi connectivity index (χ3v) is 5.28. The molecule has 0 fully saturated rings. The molecule has 3 aromatic heterocycles. The van der Waals surface area contributed by atoms with Crippen molar-refractivity contribution in [3.63, 3.8) is 0 Å². The van der Waals surface area contributed by atoms with Crippen molar-refractivity contribution in [1.29, 1.82) is 0 Å². The van der Waals surface area contributed by atoms with Crippen LogP contribution in [0.5, 0.6) is 0 Å². The number of allylic oxidation sites excluding steroid dienone is 1. The molecule has 0 nitrogen and oxygen atoms in total. The summed E-state index contributed by atoms with van der Waals surface area (Å²) in [6.45, 7) is 0. The Kier molecular flexibility index (Phi) is 3.74. The fourth-order valence-electron chi connectivity index (χ4n) is 1.82. The molecule has 90 valence electrons. The second kappa shape index (κ2) is 5.65. The summed E-state index contributed by atoms with van der Waals surface area (Å²) in [6.07, 6.45) is 3.34. The van der Waals surface area contributed by atoms with Crippen molar-refractivity contribution < 1.29 is 0 Å². The van der Waals surface area contributed by atoms with Gasteiger partial charge in [-0.05, 0) is 46.0 Å². The van der Waals surface area contributed by atoms with E-state index in [2.05, 4.69) is 58.6 Å². The molecular formula is C15H12S3. The molecule has 0 aliphatic rings. The molecule has 0 unspecified atom stereocenters. The Hall–Kier alpha value is -1.16. The van der Waals surface area contributed by atoms with Crippen LogP contribution in [0.15, 0.2) is 52.5 Å². The quantitative estimate of drug-likeness (QED) is 0.581. The molecule has 0 saturated carbocycles. The predicted molar refractivity (Wildman–Crippen MR) is 84.5 cm³/mol. The van der Waals surface area contributed by atoms with Gasteiger partial charge in [0.2, 0.25) is 0 Å². The highest BCUT2D eigenvalue weighted by molar-refractivity contribution is 7.12. The minimum Gasteiger partial charge on any atom is -0.149 e. The third kappa shape index (κ3) is 2.80. The maximum Gasteiger partial charge on any atom is 0.0306 e. The van der Waals surface area contributed by atoms with Crippen LogP contribution in [0.25, 0.3) is 11.6 Å². The van der Waals surface area contributed by atoms with Crippen LogP contribution in [-0.4, -0.2) is 0 Å². The van der Waals surface area contributed by atoms with E-state index in [0.29, 0.717) is 0 Å². The number of rotatable bonds is 4. The highest BCUT2D eigenvalue weighted by atomic mass is 32.1. The van der Waals surface area contributed by atoms with Crippen molar-refractivity contribution in [2.45, 2.75) is 6.42 Å². The van der Waals surface area contributed by atoms with E-state index < -0.39 is 0 Å². The van der Waals surface area contributed by atoms with E-state index in [1.165, 1.54) is 20.2 Å². The van der Waals surface area contributed by atoms with Crippen molar-refractivity contribution in [2.24, 2.45) is 0 Å². The summed E-state index contributed by atoms with van der Waals surface area (Å²) in [7, 11) is 0. The lowest BCUT2D eigenvalue weighted by molar-refractivity contribution is 1.38. The minimum absolute atomic E-state index is 1.02. The van der Waals surface area contributed by atoms with E-state index in [1.54, 1.807) is 11.3 Å². The Morgan fingerprint density at radius 1 is 0.889 bits per heavy atom. The first kappa shape index (κ1) is 11.9. The van der Waals surface area contributed by atoms with Crippen LogP contribution in [0.4, 0.5) is 0 Å². The van der Waals surface area contributed by atoms with Crippen LogP contribution in [0.3, 0.4) is 0 Å². The molecule has 0 aromatic carbocycles. The summed E-state index contributed by atoms with van der Waals surface area (Å²) >= 11 is 5.44. The van der Waals surface area contributed by atoms with Crippen molar-refractivity contribution in [1.82, 2.24) is 0 Å². The van der Waals surface area contributed by atoms with Crippen LogP contribution < -0.4 is 0 Å². The molecule has 3 aromatic rings. The average Bonchev–Trinajstić information content (AvgIpc) is 3.13. The summed E-state index contributed by atoms with van der Waals surface area (Å²) in [5.74, 6) is 0. The zero-order chi connectivity index (χ0) is 12.2. The van der Waals surface area contributed by atoms with Gasteiger partial charge in [0.05, 0.1) is 0 Å². The molecule has 0 spiro atoms. The Labute approximate surface area is 119 Å². The molecular weight excluding hydrogens is 276 g/mol. The average molecular weight is 288 g/mol. The van der Waals surface area contributed by atoms with Crippen molar-refractivity contribution in [2.75, 3.05) is 0 Å². The van der Waals surface area contributed by atoms with E-state index >= 15 is 0 Å². The van der Waals surface area contributed by atoms with Crippen LogP contribution in [0.1, 0.15) is 14.6 Å². The Bertz CT molecular complexity index is 599. The Balaban J connectivity index is 1.94. The smallest absolute Gasteiger partial charge is 0.0306 e. The molecule has 0 aliphatic carbocycles. The first-order valence-corrected chi connectivity index (χ1v) is 8.36. The molecule has 0 N–H and O–H groups in total. The predicted octanol–water partition coefficient (Wildman–Crippen LogP) is 5.65. The maximum atomic E-state index is 2.32. The lowest BCUT2D eigenvalue weighted by atomic mass is 10.1. The van der Waals surface area contributed by atoms with Gasteiger partial charge in [-0.1, -0.05) is 18.2 Å². The normalized spacial score (nSPS) is 11.9. The highest BCUT2D eigenvalue weighted by Gasteiger charge is 2.06. The lowest BCUT2D eigenvalue weighted by Crippen LogP contribution is -1.85. The lowest BCUT2D eigenvalue weighted by Gasteiger charge is -2.03. The second-order valence-electron chi connectivity index (χ2n) is 3.92. The first-order chi connectivity index (χ1) is 8.92. The molecule has 3 heteroatoms. The van der Waals surface area contributed by atoms with Crippen molar-refractivity contribution in [3.05, 3.63) is 67.2 Å². The molecule has 0 radical (unpaired) electrons. The van der Waals surface area contributed by atoms with Gasteiger partial charge < -0.3 is 0 Å². The van der Waals surface area contributed by atoms with Crippen molar-refractivity contribution >= 4 is 45.7 Å². The largest absolute Gasteiger partial charge is 0.149 e. The Morgan fingerprint density at radius 3 is 2.33 bits per heavy atom. The van der Waals surface area contributed by atoms with Crippen LogP contribution in [-0.2, 0) is 6.42 Å². The number of thiophene rings is 3. The fraction of sp³-hybridized carbons (Fsp3) is 0.0667. The minimum atomic E-state index is 1.02. The second-order valence-corrected chi connectivity index (χ2v) is 6.88. The topological polar surface area (TPSA) is 0 Å². The van der Waals surface area contributed by atoms with Gasteiger partial charge in [0.25, 0.3) is 0 Å². The van der Waals surface area contributed by atoms with E-state index in [0.717, 1.165) is 6.42 Å². The van der Waals surface area contributed by atoms with Gasteiger partial charge in [-0.15, -0.1) is 34.0 Å². The molecule has 0 amide bonds. The van der Waals surface area contributed by atoms with Crippen molar-refractivity contribution in [3.8, 4) is 0 Å².